The number of likely N-dealkylation sites (tertiary alicyclic amines) is 1. The molecule has 2 N–H and O–H groups in total. The van der Waals surface area contributed by atoms with Gasteiger partial charge in [-0.1, -0.05) is 6.42 Å². The summed E-state index contributed by atoms with van der Waals surface area (Å²) >= 11 is 0. The fourth-order valence-electron chi connectivity index (χ4n) is 2.61. The quantitative estimate of drug-likeness (QED) is 0.838. The molecule has 1 saturated heterocycles. The lowest BCUT2D eigenvalue weighted by Gasteiger charge is -2.38. The van der Waals surface area contributed by atoms with E-state index in [-0.39, 0.29) is 24.6 Å². The van der Waals surface area contributed by atoms with Crippen LogP contribution in [0.2, 0.25) is 0 Å². The van der Waals surface area contributed by atoms with Crippen LogP contribution in [0, 0.1) is 0 Å². The zero-order chi connectivity index (χ0) is 13.7. The average Bonchev–Trinajstić information content (AvgIpc) is 2.97. The van der Waals surface area contributed by atoms with Crippen molar-refractivity contribution in [2.45, 2.75) is 44.8 Å². The fourth-order valence-corrected chi connectivity index (χ4v) is 2.61. The number of nitrogens with zero attached hydrogens (tertiary/aromatic N) is 1. The Hall–Kier alpha value is -1.33. The minimum Gasteiger partial charge on any atom is -0.467 e. The number of hydrogen-bond donors (Lipinski definition) is 2. The van der Waals surface area contributed by atoms with Crippen molar-refractivity contribution < 1.29 is 14.3 Å². The van der Waals surface area contributed by atoms with Crippen molar-refractivity contribution in [1.82, 2.24) is 10.2 Å². The molecule has 1 aromatic heterocycles. The number of nitrogens with one attached hydrogen (secondary N) is 1. The predicted molar refractivity (Wildman–Crippen MR) is 71.4 cm³/mol. The van der Waals surface area contributed by atoms with Crippen molar-refractivity contribution in [2.75, 3.05) is 13.2 Å². The Labute approximate surface area is 113 Å². The first kappa shape index (κ1) is 14.1. The van der Waals surface area contributed by atoms with E-state index in [2.05, 4.69) is 10.2 Å². The van der Waals surface area contributed by atoms with E-state index in [0.717, 1.165) is 31.6 Å². The first-order valence-corrected chi connectivity index (χ1v) is 6.89. The van der Waals surface area contributed by atoms with Crippen LogP contribution in [0.3, 0.4) is 0 Å². The zero-order valence-electron chi connectivity index (χ0n) is 11.3. The summed E-state index contributed by atoms with van der Waals surface area (Å²) in [5.74, 6) is 0.731. The second-order valence-electron chi connectivity index (χ2n) is 5.04. The SMILES string of the molecule is CC(C(=O)NCc1ccco1)N1CCCCC1CO. The van der Waals surface area contributed by atoms with Crippen LogP contribution in [0.4, 0.5) is 0 Å². The normalized spacial score (nSPS) is 22.1. The Balaban J connectivity index is 1.86. The summed E-state index contributed by atoms with van der Waals surface area (Å²) < 4.78 is 5.18. The van der Waals surface area contributed by atoms with Gasteiger partial charge in [0.25, 0.3) is 0 Å². The van der Waals surface area contributed by atoms with Crippen LogP contribution < -0.4 is 5.32 Å². The number of rotatable bonds is 5. The Morgan fingerprint density at radius 2 is 2.47 bits per heavy atom. The number of piperidine rings is 1. The van der Waals surface area contributed by atoms with E-state index in [1.165, 1.54) is 0 Å². The summed E-state index contributed by atoms with van der Waals surface area (Å²) in [5, 5.41) is 12.3. The van der Waals surface area contributed by atoms with Crippen molar-refractivity contribution in [1.29, 1.82) is 0 Å². The summed E-state index contributed by atoms with van der Waals surface area (Å²) in [4.78, 5) is 14.2. The number of carbonyl (C=O) groups excluding carboxylic acids is 1. The maximum Gasteiger partial charge on any atom is 0.237 e. The molecule has 106 valence electrons. The van der Waals surface area contributed by atoms with Gasteiger partial charge in [-0.15, -0.1) is 0 Å². The molecule has 2 unspecified atom stereocenters. The lowest BCUT2D eigenvalue weighted by molar-refractivity contribution is -0.128. The van der Waals surface area contributed by atoms with E-state index in [4.69, 9.17) is 4.42 Å². The molecule has 1 amide bonds. The van der Waals surface area contributed by atoms with Gasteiger partial charge >= 0.3 is 0 Å². The summed E-state index contributed by atoms with van der Waals surface area (Å²) in [6.07, 6.45) is 4.78. The molecule has 1 fully saturated rings. The number of hydrogen-bond acceptors (Lipinski definition) is 4. The van der Waals surface area contributed by atoms with Crippen LogP contribution in [0.15, 0.2) is 22.8 Å². The van der Waals surface area contributed by atoms with Gasteiger partial charge < -0.3 is 14.8 Å². The van der Waals surface area contributed by atoms with Crippen molar-refractivity contribution in [3.05, 3.63) is 24.2 Å². The third-order valence-corrected chi connectivity index (χ3v) is 3.78. The highest BCUT2D eigenvalue weighted by atomic mass is 16.3. The molecule has 2 heterocycles. The van der Waals surface area contributed by atoms with E-state index in [0.29, 0.717) is 6.54 Å². The third-order valence-electron chi connectivity index (χ3n) is 3.78. The van der Waals surface area contributed by atoms with Crippen molar-refractivity contribution in [3.8, 4) is 0 Å². The van der Waals surface area contributed by atoms with E-state index < -0.39 is 0 Å². The van der Waals surface area contributed by atoms with Gasteiger partial charge in [-0.2, -0.15) is 0 Å². The smallest absolute Gasteiger partial charge is 0.237 e. The monoisotopic (exact) mass is 266 g/mol. The Morgan fingerprint density at radius 1 is 1.63 bits per heavy atom. The van der Waals surface area contributed by atoms with Gasteiger partial charge in [-0.3, -0.25) is 9.69 Å². The van der Waals surface area contributed by atoms with E-state index in [1.54, 1.807) is 12.3 Å². The van der Waals surface area contributed by atoms with Crippen LogP contribution in [-0.4, -0.2) is 41.1 Å². The molecule has 2 rings (SSSR count). The molecular formula is C14H22N2O3. The third kappa shape index (κ3) is 3.58. The molecule has 1 aliphatic rings. The van der Waals surface area contributed by atoms with Crippen LogP contribution in [-0.2, 0) is 11.3 Å². The van der Waals surface area contributed by atoms with E-state index in [1.807, 2.05) is 13.0 Å². The first-order valence-electron chi connectivity index (χ1n) is 6.89. The molecule has 0 radical (unpaired) electrons. The topological polar surface area (TPSA) is 65.7 Å². The summed E-state index contributed by atoms with van der Waals surface area (Å²) in [6.45, 7) is 3.30. The molecular weight excluding hydrogens is 244 g/mol. The van der Waals surface area contributed by atoms with Crippen molar-refractivity contribution in [2.24, 2.45) is 0 Å². The van der Waals surface area contributed by atoms with E-state index in [9.17, 15) is 9.90 Å². The first-order chi connectivity index (χ1) is 9.22. The number of carbonyl (C=O) groups is 1. The van der Waals surface area contributed by atoms with Crippen molar-refractivity contribution >= 4 is 5.91 Å². The lowest BCUT2D eigenvalue weighted by atomic mass is 10.0. The minimum absolute atomic E-state index is 0.0169. The molecule has 0 spiro atoms. The molecule has 2 atom stereocenters. The van der Waals surface area contributed by atoms with Gasteiger partial charge in [0.05, 0.1) is 25.5 Å². The molecule has 19 heavy (non-hydrogen) atoms. The van der Waals surface area contributed by atoms with E-state index >= 15 is 0 Å². The second kappa shape index (κ2) is 6.73. The van der Waals surface area contributed by atoms with Gasteiger partial charge in [0.2, 0.25) is 5.91 Å². The molecule has 1 aliphatic heterocycles. The Morgan fingerprint density at radius 3 is 3.16 bits per heavy atom. The number of aliphatic hydroxyl groups excluding tert-OH is 1. The molecule has 1 aromatic rings. The summed E-state index contributed by atoms with van der Waals surface area (Å²) in [5.41, 5.74) is 0. The summed E-state index contributed by atoms with van der Waals surface area (Å²) in [6, 6.07) is 3.53. The number of aliphatic hydroxyl groups is 1. The summed E-state index contributed by atoms with van der Waals surface area (Å²) in [7, 11) is 0. The highest BCUT2D eigenvalue weighted by molar-refractivity contribution is 5.81. The van der Waals surface area contributed by atoms with Gasteiger partial charge in [0.15, 0.2) is 0 Å². The highest BCUT2D eigenvalue weighted by Gasteiger charge is 2.29. The van der Waals surface area contributed by atoms with Crippen LogP contribution in [0.5, 0.6) is 0 Å². The number of furan rings is 1. The molecule has 0 bridgehead atoms. The Kier molecular flexibility index (Phi) is 4.99. The number of amides is 1. The van der Waals surface area contributed by atoms with Crippen LogP contribution >= 0.6 is 0 Å². The van der Waals surface area contributed by atoms with Gasteiger partial charge in [0.1, 0.15) is 5.76 Å². The fraction of sp³-hybridized carbons (Fsp3) is 0.643. The Bertz CT molecular complexity index is 391. The van der Waals surface area contributed by atoms with Gasteiger partial charge in [-0.05, 0) is 38.4 Å². The minimum atomic E-state index is -0.215. The van der Waals surface area contributed by atoms with Crippen molar-refractivity contribution in [3.63, 3.8) is 0 Å². The standard InChI is InChI=1S/C14H22N2O3/c1-11(16-7-3-2-5-12(16)10-17)14(18)15-9-13-6-4-8-19-13/h4,6,8,11-12,17H,2-3,5,7,9-10H2,1H3,(H,15,18). The average molecular weight is 266 g/mol. The maximum atomic E-state index is 12.1. The van der Waals surface area contributed by atoms with Gasteiger partial charge in [0, 0.05) is 6.04 Å². The van der Waals surface area contributed by atoms with Gasteiger partial charge in [-0.25, -0.2) is 0 Å². The molecule has 5 nitrogen and oxygen atoms in total. The highest BCUT2D eigenvalue weighted by Crippen LogP contribution is 2.19. The molecule has 0 saturated carbocycles. The zero-order valence-corrected chi connectivity index (χ0v) is 11.3. The predicted octanol–water partition coefficient (Wildman–Crippen LogP) is 1.13. The molecule has 0 aliphatic carbocycles. The molecule has 5 heteroatoms. The molecule has 0 aromatic carbocycles. The lowest BCUT2D eigenvalue weighted by Crippen LogP contribution is -2.52. The maximum absolute atomic E-state index is 12.1. The largest absolute Gasteiger partial charge is 0.467 e. The van der Waals surface area contributed by atoms with Crippen LogP contribution in [0.1, 0.15) is 31.9 Å². The van der Waals surface area contributed by atoms with Crippen LogP contribution in [0.25, 0.3) is 0 Å². The second-order valence-corrected chi connectivity index (χ2v) is 5.04.